The van der Waals surface area contributed by atoms with E-state index in [1.54, 1.807) is 24.3 Å². The molecule has 2 aromatic heterocycles. The molecule has 11 heteroatoms. The van der Waals surface area contributed by atoms with E-state index in [4.69, 9.17) is 4.74 Å². The third kappa shape index (κ3) is 7.60. The molecule has 1 aromatic carbocycles. The highest BCUT2D eigenvalue weighted by molar-refractivity contribution is 8.00. The number of hydrogen-bond donors (Lipinski definition) is 2. The summed E-state index contributed by atoms with van der Waals surface area (Å²) in [5.74, 6) is 6.53. The van der Waals surface area contributed by atoms with E-state index in [-0.39, 0.29) is 12.5 Å². The summed E-state index contributed by atoms with van der Waals surface area (Å²) in [6.45, 7) is 9.09. The Bertz CT molecular complexity index is 1230. The number of hydrogen-bond acceptors (Lipinski definition) is 8. The van der Waals surface area contributed by atoms with Gasteiger partial charge in [0.2, 0.25) is 11.0 Å². The average Bonchev–Trinajstić information content (AvgIpc) is 3.38. The zero-order chi connectivity index (χ0) is 24.7. The second-order valence-electron chi connectivity index (χ2n) is 8.26. The highest BCUT2D eigenvalue weighted by atomic mass is 32.2. The van der Waals surface area contributed by atoms with Gasteiger partial charge in [-0.15, -0.1) is 10.2 Å². The molecule has 0 saturated heterocycles. The lowest BCUT2D eigenvalue weighted by Gasteiger charge is -2.19. The molecule has 0 saturated carbocycles. The molecule has 0 aliphatic carbocycles. The summed E-state index contributed by atoms with van der Waals surface area (Å²) in [6, 6.07) is 6.15. The van der Waals surface area contributed by atoms with E-state index in [0.29, 0.717) is 10.8 Å². The first kappa shape index (κ1) is 25.3. The van der Waals surface area contributed by atoms with Crippen LogP contribution in [0.25, 0.3) is 5.69 Å². The molecule has 0 bridgehead atoms. The molecule has 0 radical (unpaired) electrons. The van der Waals surface area contributed by atoms with Gasteiger partial charge in [-0.25, -0.2) is 9.78 Å². The predicted octanol–water partition coefficient (Wildman–Crippen LogP) is 4.16. The molecule has 0 aliphatic heterocycles. The van der Waals surface area contributed by atoms with Gasteiger partial charge in [0, 0.05) is 18.4 Å². The summed E-state index contributed by atoms with van der Waals surface area (Å²) in [5.41, 5.74) is 3.39. The predicted molar refractivity (Wildman–Crippen MR) is 133 cm³/mol. The Hall–Kier alpha value is -3.36. The van der Waals surface area contributed by atoms with Gasteiger partial charge >= 0.3 is 6.09 Å². The molecule has 0 fully saturated rings. The van der Waals surface area contributed by atoms with Crippen molar-refractivity contribution in [3.8, 4) is 17.5 Å². The second-order valence-corrected chi connectivity index (χ2v) is 10.5. The number of carbonyl (C=O) groups is 2. The maximum atomic E-state index is 11.7. The number of imidazole rings is 1. The largest absolute Gasteiger partial charge is 0.444 e. The quantitative estimate of drug-likeness (QED) is 0.298. The minimum Gasteiger partial charge on any atom is -0.444 e. The average molecular weight is 499 g/mol. The summed E-state index contributed by atoms with van der Waals surface area (Å²) < 4.78 is 7.89. The first-order valence-corrected chi connectivity index (χ1v) is 12.2. The number of thioether (sulfide) groups is 1. The number of anilines is 1. The molecule has 0 aliphatic rings. The van der Waals surface area contributed by atoms with Gasteiger partial charge in [0.25, 0.3) is 0 Å². The standard InChI is InChI=1S/C23H26N6O3S2/c1-15-11-18(9-8-17(15)13-33-22-28-27-20(34-22)26-16(2)30)29-14-24-12-19(29)7-6-10-25-21(31)32-23(3,4)5/h8-9,11-12,14H,10,13H2,1-5H3,(H,25,31)(H,26,27,30). The maximum Gasteiger partial charge on any atom is 0.408 e. The monoisotopic (exact) mass is 498 g/mol. The first-order valence-electron chi connectivity index (χ1n) is 10.4. The van der Waals surface area contributed by atoms with Crippen molar-refractivity contribution in [1.82, 2.24) is 25.1 Å². The molecule has 0 spiro atoms. The Morgan fingerprint density at radius 2 is 2.06 bits per heavy atom. The molecule has 9 nitrogen and oxygen atoms in total. The van der Waals surface area contributed by atoms with Gasteiger partial charge < -0.3 is 15.4 Å². The molecule has 2 N–H and O–H groups in total. The molecule has 0 unspecified atom stereocenters. The van der Waals surface area contributed by atoms with Gasteiger partial charge in [0.15, 0.2) is 4.34 Å². The number of rotatable bonds is 6. The van der Waals surface area contributed by atoms with Crippen LogP contribution in [0.4, 0.5) is 9.93 Å². The van der Waals surface area contributed by atoms with Crippen LogP contribution in [0.15, 0.2) is 35.1 Å². The Morgan fingerprint density at radius 3 is 2.76 bits per heavy atom. The lowest BCUT2D eigenvalue weighted by molar-refractivity contribution is -0.114. The van der Waals surface area contributed by atoms with Crippen molar-refractivity contribution in [3.05, 3.63) is 47.5 Å². The van der Waals surface area contributed by atoms with Crippen LogP contribution in [0.3, 0.4) is 0 Å². The van der Waals surface area contributed by atoms with Gasteiger partial charge in [-0.05, 0) is 56.9 Å². The number of aryl methyl sites for hydroxylation is 1. The van der Waals surface area contributed by atoms with Crippen LogP contribution < -0.4 is 10.6 Å². The van der Waals surface area contributed by atoms with E-state index in [9.17, 15) is 9.59 Å². The van der Waals surface area contributed by atoms with E-state index >= 15 is 0 Å². The maximum absolute atomic E-state index is 11.7. The Morgan fingerprint density at radius 1 is 1.26 bits per heavy atom. The number of alkyl carbamates (subject to hydrolysis) is 1. The molecule has 34 heavy (non-hydrogen) atoms. The van der Waals surface area contributed by atoms with E-state index < -0.39 is 11.7 Å². The molecule has 0 atom stereocenters. The lowest BCUT2D eigenvalue weighted by atomic mass is 10.1. The Balaban J connectivity index is 1.61. The van der Waals surface area contributed by atoms with Gasteiger partial charge in [0.1, 0.15) is 17.6 Å². The summed E-state index contributed by atoms with van der Waals surface area (Å²) in [5, 5.41) is 13.8. The first-order chi connectivity index (χ1) is 16.1. The highest BCUT2D eigenvalue weighted by Gasteiger charge is 2.15. The van der Waals surface area contributed by atoms with Crippen LogP contribution in [0.5, 0.6) is 0 Å². The van der Waals surface area contributed by atoms with Crippen molar-refractivity contribution in [2.75, 3.05) is 11.9 Å². The fraction of sp³-hybridized carbons (Fsp3) is 0.348. The van der Waals surface area contributed by atoms with Crippen LogP contribution in [-0.4, -0.2) is 43.9 Å². The van der Waals surface area contributed by atoms with Crippen molar-refractivity contribution < 1.29 is 14.3 Å². The fourth-order valence-electron chi connectivity index (χ4n) is 2.76. The normalized spacial score (nSPS) is 10.9. The van der Waals surface area contributed by atoms with E-state index in [1.807, 2.05) is 31.4 Å². The number of benzene rings is 1. The number of carbonyl (C=O) groups excluding carboxylic acids is 2. The zero-order valence-corrected chi connectivity index (χ0v) is 21.3. The number of nitrogens with zero attached hydrogens (tertiary/aromatic N) is 4. The summed E-state index contributed by atoms with van der Waals surface area (Å²) in [6.07, 6.45) is 2.89. The summed E-state index contributed by atoms with van der Waals surface area (Å²) >= 11 is 2.92. The van der Waals surface area contributed by atoms with Crippen molar-refractivity contribution in [3.63, 3.8) is 0 Å². The van der Waals surface area contributed by atoms with Crippen molar-refractivity contribution in [1.29, 1.82) is 0 Å². The third-order valence-corrected chi connectivity index (χ3v) is 6.24. The zero-order valence-electron chi connectivity index (χ0n) is 19.6. The molecule has 3 aromatic rings. The number of amides is 2. The number of ether oxygens (including phenoxy) is 1. The lowest BCUT2D eigenvalue weighted by Crippen LogP contribution is -2.32. The number of nitrogens with one attached hydrogen (secondary N) is 2. The third-order valence-electron chi connectivity index (χ3n) is 4.22. The topological polar surface area (TPSA) is 111 Å². The van der Waals surface area contributed by atoms with Crippen LogP contribution in [0.1, 0.15) is 44.5 Å². The molecular weight excluding hydrogens is 472 g/mol. The molecule has 178 valence electrons. The second kappa shape index (κ2) is 11.2. The van der Waals surface area contributed by atoms with Crippen LogP contribution in [0.2, 0.25) is 0 Å². The fourth-order valence-corrected chi connectivity index (χ4v) is 4.63. The van der Waals surface area contributed by atoms with Crippen molar-refractivity contribution >= 4 is 40.2 Å². The van der Waals surface area contributed by atoms with Crippen molar-refractivity contribution in [2.45, 2.75) is 50.3 Å². The van der Waals surface area contributed by atoms with Crippen LogP contribution in [-0.2, 0) is 15.3 Å². The highest BCUT2D eigenvalue weighted by Crippen LogP contribution is 2.29. The van der Waals surface area contributed by atoms with Crippen LogP contribution >= 0.6 is 23.1 Å². The SMILES string of the molecule is CC(=O)Nc1nnc(SCc2ccc(-n3cncc3C#CCNC(=O)OC(C)(C)C)cc2C)s1. The smallest absolute Gasteiger partial charge is 0.408 e. The van der Waals surface area contributed by atoms with Crippen LogP contribution in [0, 0.1) is 18.8 Å². The van der Waals surface area contributed by atoms with Gasteiger partial charge in [0.05, 0.1) is 12.7 Å². The minimum absolute atomic E-state index is 0.165. The van der Waals surface area contributed by atoms with Crippen molar-refractivity contribution in [2.24, 2.45) is 0 Å². The Kier molecular flexibility index (Phi) is 8.31. The molecule has 3 rings (SSSR count). The minimum atomic E-state index is -0.550. The van der Waals surface area contributed by atoms with Gasteiger partial charge in [-0.2, -0.15) is 0 Å². The molecular formula is C23H26N6O3S2. The number of aromatic nitrogens is 4. The Labute approximate surface area is 206 Å². The van der Waals surface area contributed by atoms with Gasteiger partial charge in [-0.3, -0.25) is 9.36 Å². The van der Waals surface area contributed by atoms with Gasteiger partial charge in [-0.1, -0.05) is 35.1 Å². The summed E-state index contributed by atoms with van der Waals surface area (Å²) in [7, 11) is 0. The summed E-state index contributed by atoms with van der Waals surface area (Å²) in [4.78, 5) is 27.1. The van der Waals surface area contributed by atoms with E-state index in [1.165, 1.54) is 23.8 Å². The van der Waals surface area contributed by atoms with E-state index in [0.717, 1.165) is 21.3 Å². The van der Waals surface area contributed by atoms with E-state index in [2.05, 4.69) is 56.7 Å². The molecule has 2 amide bonds. The molecule has 2 heterocycles.